The summed E-state index contributed by atoms with van der Waals surface area (Å²) in [7, 11) is 0. The second-order valence-corrected chi connectivity index (χ2v) is 1.90. The van der Waals surface area contributed by atoms with Gasteiger partial charge in [-0.3, -0.25) is 5.41 Å². The average Bonchev–Trinajstić information content (AvgIpc) is 2.33. The highest BCUT2D eigenvalue weighted by Gasteiger charge is 1.90. The molecule has 2 rings (SSSR count). The van der Waals surface area contributed by atoms with E-state index in [4.69, 9.17) is 9.83 Å². The lowest BCUT2D eigenvalue weighted by Gasteiger charge is -1.88. The van der Waals surface area contributed by atoms with Gasteiger partial charge in [-0.05, 0) is 6.07 Å². The lowest BCUT2D eigenvalue weighted by Crippen LogP contribution is -2.01. The van der Waals surface area contributed by atoms with Gasteiger partial charge in [-0.25, -0.2) is 4.52 Å². The van der Waals surface area contributed by atoms with E-state index in [9.17, 15) is 0 Å². The summed E-state index contributed by atoms with van der Waals surface area (Å²) in [6.45, 7) is 0. The van der Waals surface area contributed by atoms with Crippen molar-refractivity contribution in [2.45, 2.75) is 0 Å². The molecule has 2 heterocycles. The highest BCUT2D eigenvalue weighted by molar-refractivity contribution is 5.31. The summed E-state index contributed by atoms with van der Waals surface area (Å²) in [5.41, 5.74) is 0.665. The largest absolute Gasteiger partial charge is 0.420 e. The second-order valence-electron chi connectivity index (χ2n) is 1.90. The summed E-state index contributed by atoms with van der Waals surface area (Å²) >= 11 is 0. The number of rotatable bonds is 0. The van der Waals surface area contributed by atoms with E-state index in [1.165, 1.54) is 6.20 Å². The zero-order valence-electron chi connectivity index (χ0n) is 5.11. The number of nitrogens with one attached hydrogen (secondary N) is 1. The maximum Gasteiger partial charge on any atom is 0.234 e. The van der Waals surface area contributed by atoms with Crippen molar-refractivity contribution in [1.29, 1.82) is 5.41 Å². The molecule has 0 aliphatic heterocycles. The maximum absolute atomic E-state index is 7.07. The van der Waals surface area contributed by atoms with Crippen LogP contribution in [-0.2, 0) is 0 Å². The van der Waals surface area contributed by atoms with Crippen molar-refractivity contribution >= 4 is 5.71 Å². The van der Waals surface area contributed by atoms with Crippen LogP contribution in [0.1, 0.15) is 0 Å². The Morgan fingerprint density at radius 3 is 3.40 bits per heavy atom. The Bertz CT molecular complexity index is 400. The van der Waals surface area contributed by atoms with Crippen molar-refractivity contribution < 1.29 is 4.42 Å². The van der Waals surface area contributed by atoms with Crippen LogP contribution in [0.5, 0.6) is 0 Å². The first-order chi connectivity index (χ1) is 4.86. The third-order valence-corrected chi connectivity index (χ3v) is 1.21. The van der Waals surface area contributed by atoms with Crippen molar-refractivity contribution in [2.24, 2.45) is 0 Å². The monoisotopic (exact) mass is 135 g/mol. The van der Waals surface area contributed by atoms with E-state index in [-0.39, 0.29) is 5.55 Å². The summed E-state index contributed by atoms with van der Waals surface area (Å²) in [5.74, 6) is 0. The Morgan fingerprint density at radius 2 is 2.50 bits per heavy atom. The molecule has 10 heavy (non-hydrogen) atoms. The van der Waals surface area contributed by atoms with Gasteiger partial charge in [0.15, 0.2) is 0 Å². The molecule has 0 unspecified atom stereocenters. The zero-order valence-corrected chi connectivity index (χ0v) is 5.11. The van der Waals surface area contributed by atoms with Gasteiger partial charge in [0, 0.05) is 12.3 Å². The highest BCUT2D eigenvalue weighted by Crippen LogP contribution is 1.95. The molecule has 0 fully saturated rings. The van der Waals surface area contributed by atoms with Crippen molar-refractivity contribution in [3.05, 3.63) is 30.1 Å². The van der Waals surface area contributed by atoms with Gasteiger partial charge in [0.05, 0.1) is 0 Å². The minimum Gasteiger partial charge on any atom is -0.420 e. The molecule has 0 radical (unpaired) electrons. The topological polar surface area (TPSA) is 54.3 Å². The Kier molecular flexibility index (Phi) is 0.887. The minimum atomic E-state index is 0.0752. The Labute approximate surface area is 56.2 Å². The lowest BCUT2D eigenvalue weighted by atomic mass is 10.7. The van der Waals surface area contributed by atoms with Crippen LogP contribution in [0.3, 0.4) is 0 Å². The van der Waals surface area contributed by atoms with Crippen LogP contribution in [0, 0.1) is 5.41 Å². The molecule has 0 aromatic carbocycles. The van der Waals surface area contributed by atoms with Crippen molar-refractivity contribution in [1.82, 2.24) is 9.61 Å². The summed E-state index contributed by atoms with van der Waals surface area (Å²) in [4.78, 5) is 0. The standard InChI is InChI=1S/C6H5N3O/c7-5-4-8-9-3-1-2-6(9)10-5/h1-4,7H. The van der Waals surface area contributed by atoms with Crippen LogP contribution in [0.15, 0.2) is 28.9 Å². The van der Waals surface area contributed by atoms with Crippen LogP contribution >= 0.6 is 0 Å². The molecule has 4 heteroatoms. The molecule has 50 valence electrons. The predicted octanol–water partition coefficient (Wildman–Crippen LogP) is 0.407. The van der Waals surface area contributed by atoms with Crippen LogP contribution in [0.4, 0.5) is 0 Å². The lowest BCUT2D eigenvalue weighted by molar-refractivity contribution is 0.492. The third kappa shape index (κ3) is 0.621. The van der Waals surface area contributed by atoms with E-state index in [1.54, 1.807) is 16.8 Å². The number of hydrogen-bond donors (Lipinski definition) is 1. The summed E-state index contributed by atoms with van der Waals surface area (Å²) in [5, 5.41) is 10.9. The van der Waals surface area contributed by atoms with Crippen molar-refractivity contribution in [3.63, 3.8) is 0 Å². The van der Waals surface area contributed by atoms with Gasteiger partial charge in [-0.2, -0.15) is 5.10 Å². The van der Waals surface area contributed by atoms with E-state index >= 15 is 0 Å². The SMILES string of the molecule is N=c1cnn2cccc2o1. The molecule has 0 bridgehead atoms. The van der Waals surface area contributed by atoms with Gasteiger partial charge in [-0.15, -0.1) is 0 Å². The van der Waals surface area contributed by atoms with E-state index in [1.807, 2.05) is 6.07 Å². The molecule has 0 saturated carbocycles. The number of hydrogen-bond acceptors (Lipinski definition) is 3. The van der Waals surface area contributed by atoms with Crippen LogP contribution in [-0.4, -0.2) is 9.61 Å². The molecular formula is C6H5N3O. The number of nitrogens with zero attached hydrogens (tertiary/aromatic N) is 2. The molecule has 2 aromatic rings. The normalized spacial score (nSPS) is 10.4. The molecule has 0 saturated heterocycles. The van der Waals surface area contributed by atoms with E-state index in [2.05, 4.69) is 5.10 Å². The molecule has 1 N–H and O–H groups in total. The fraction of sp³-hybridized carbons (Fsp3) is 0. The minimum absolute atomic E-state index is 0.0752. The Balaban J connectivity index is 2.99. The summed E-state index contributed by atoms with van der Waals surface area (Å²) in [6.07, 6.45) is 3.12. The molecule has 2 aromatic heterocycles. The Hall–Kier alpha value is -1.58. The van der Waals surface area contributed by atoms with Crippen LogP contribution < -0.4 is 5.55 Å². The van der Waals surface area contributed by atoms with Gasteiger partial charge in [0.25, 0.3) is 0 Å². The van der Waals surface area contributed by atoms with E-state index < -0.39 is 0 Å². The molecule has 0 atom stereocenters. The van der Waals surface area contributed by atoms with E-state index in [0.717, 1.165) is 0 Å². The summed E-state index contributed by atoms with van der Waals surface area (Å²) in [6, 6.07) is 3.57. The van der Waals surface area contributed by atoms with Gasteiger partial charge >= 0.3 is 0 Å². The van der Waals surface area contributed by atoms with Gasteiger partial charge in [-0.1, -0.05) is 0 Å². The Morgan fingerprint density at radius 1 is 1.60 bits per heavy atom. The van der Waals surface area contributed by atoms with Crippen LogP contribution in [0.2, 0.25) is 0 Å². The fourth-order valence-corrected chi connectivity index (χ4v) is 0.787. The predicted molar refractivity (Wildman–Crippen MR) is 33.3 cm³/mol. The van der Waals surface area contributed by atoms with Crippen molar-refractivity contribution in [3.8, 4) is 0 Å². The molecule has 0 amide bonds. The number of fused-ring (bicyclic) bond motifs is 1. The second kappa shape index (κ2) is 1.70. The molecule has 0 spiro atoms. The quantitative estimate of drug-likeness (QED) is 0.568. The highest BCUT2D eigenvalue weighted by atomic mass is 16.3. The fourth-order valence-electron chi connectivity index (χ4n) is 0.787. The first-order valence-electron chi connectivity index (χ1n) is 2.84. The molecule has 0 aliphatic carbocycles. The third-order valence-electron chi connectivity index (χ3n) is 1.21. The average molecular weight is 135 g/mol. The first-order valence-corrected chi connectivity index (χ1v) is 2.84. The smallest absolute Gasteiger partial charge is 0.234 e. The van der Waals surface area contributed by atoms with Gasteiger partial charge in [0.1, 0.15) is 6.20 Å². The molecule has 0 aliphatic rings. The first kappa shape index (κ1) is 5.22. The van der Waals surface area contributed by atoms with Gasteiger partial charge in [0.2, 0.25) is 11.3 Å². The molecule has 4 nitrogen and oxygen atoms in total. The number of aromatic nitrogens is 2. The van der Waals surface area contributed by atoms with Crippen molar-refractivity contribution in [2.75, 3.05) is 0 Å². The van der Waals surface area contributed by atoms with Crippen LogP contribution in [0.25, 0.3) is 5.71 Å². The van der Waals surface area contributed by atoms with E-state index in [0.29, 0.717) is 5.71 Å². The molecular weight excluding hydrogens is 130 g/mol. The summed E-state index contributed by atoms with van der Waals surface area (Å²) < 4.78 is 6.54. The van der Waals surface area contributed by atoms with Gasteiger partial charge < -0.3 is 4.42 Å². The maximum atomic E-state index is 7.07. The zero-order chi connectivity index (χ0) is 6.97.